The van der Waals surface area contributed by atoms with Crippen molar-refractivity contribution in [2.24, 2.45) is 16.7 Å². The summed E-state index contributed by atoms with van der Waals surface area (Å²) >= 11 is 0. The molecule has 1 heterocycles. The maximum absolute atomic E-state index is 9.20. The molecule has 1 saturated carbocycles. The molecular weight excluding hydrogens is 318 g/mol. The molecule has 0 spiro atoms. The summed E-state index contributed by atoms with van der Waals surface area (Å²) in [7, 11) is 0. The molecule has 4 aliphatic rings. The smallest absolute Gasteiger partial charge is 0.132 e. The van der Waals surface area contributed by atoms with E-state index in [1.807, 2.05) is 0 Å². The molecule has 0 radical (unpaired) electrons. The Labute approximate surface area is 157 Å². The summed E-state index contributed by atoms with van der Waals surface area (Å²) in [4.78, 5) is 2.71. The van der Waals surface area contributed by atoms with Crippen LogP contribution in [0.15, 0.2) is 34.6 Å². The SMILES string of the molecule is CC1(C)C[C@H]2C[C@@](C)(CN2C2=CC3=CC(=C(C#N)C#N)CC[C@H]3CC2)C1. The highest BCUT2D eigenvalue weighted by Gasteiger charge is 2.50. The monoisotopic (exact) mass is 347 g/mol. The summed E-state index contributed by atoms with van der Waals surface area (Å²) in [6, 6.07) is 4.82. The summed E-state index contributed by atoms with van der Waals surface area (Å²) in [6.07, 6.45) is 12.8. The van der Waals surface area contributed by atoms with Crippen LogP contribution in [0.3, 0.4) is 0 Å². The van der Waals surface area contributed by atoms with Gasteiger partial charge in [-0.1, -0.05) is 26.8 Å². The van der Waals surface area contributed by atoms with Gasteiger partial charge >= 0.3 is 0 Å². The Morgan fingerprint density at radius 2 is 1.81 bits per heavy atom. The van der Waals surface area contributed by atoms with E-state index in [0.717, 1.165) is 18.4 Å². The van der Waals surface area contributed by atoms with Crippen molar-refractivity contribution in [3.8, 4) is 12.1 Å². The first-order valence-corrected chi connectivity index (χ1v) is 10.0. The average molecular weight is 348 g/mol. The minimum atomic E-state index is 0.294. The summed E-state index contributed by atoms with van der Waals surface area (Å²) in [5.74, 6) is 0.607. The van der Waals surface area contributed by atoms with Gasteiger partial charge in [-0.25, -0.2) is 0 Å². The lowest BCUT2D eigenvalue weighted by Crippen LogP contribution is -2.35. The standard InChI is InChI=1S/C23H29N3/c1-22(2)10-21-11-23(3,14-22)15-26(21)20-7-6-16-4-5-17(8-18(16)9-20)19(12-24)13-25/h8-9,16,21H,4-7,10-11,14-15H2,1-3H3/t16-,21-,23+/m0/s1. The van der Waals surface area contributed by atoms with Gasteiger partial charge in [-0.2, -0.15) is 10.5 Å². The molecule has 3 aliphatic carbocycles. The number of fused-ring (bicyclic) bond motifs is 3. The van der Waals surface area contributed by atoms with Gasteiger partial charge in [0, 0.05) is 18.3 Å². The van der Waals surface area contributed by atoms with Crippen molar-refractivity contribution in [2.75, 3.05) is 6.54 Å². The first kappa shape index (κ1) is 17.4. The van der Waals surface area contributed by atoms with Crippen LogP contribution in [0.1, 0.15) is 65.7 Å². The number of allylic oxidation sites excluding steroid dienone is 6. The molecule has 0 aromatic carbocycles. The van der Waals surface area contributed by atoms with Gasteiger partial charge < -0.3 is 4.90 Å². The lowest BCUT2D eigenvalue weighted by atomic mass is 9.65. The van der Waals surface area contributed by atoms with Crippen LogP contribution in [0.2, 0.25) is 0 Å². The number of nitriles is 2. The first-order chi connectivity index (χ1) is 12.3. The molecule has 2 bridgehead atoms. The Morgan fingerprint density at radius 1 is 1.08 bits per heavy atom. The second-order valence-corrected chi connectivity index (χ2v) is 10.0. The molecule has 3 heteroatoms. The highest BCUT2D eigenvalue weighted by Crippen LogP contribution is 2.54. The number of rotatable bonds is 1. The van der Waals surface area contributed by atoms with Gasteiger partial charge in [0.1, 0.15) is 17.7 Å². The molecule has 0 unspecified atom stereocenters. The van der Waals surface area contributed by atoms with Gasteiger partial charge in [0.05, 0.1) is 0 Å². The summed E-state index contributed by atoms with van der Waals surface area (Å²) < 4.78 is 0. The minimum Gasteiger partial charge on any atom is -0.371 e. The molecular formula is C23H29N3. The zero-order chi connectivity index (χ0) is 18.5. The van der Waals surface area contributed by atoms with Crippen molar-refractivity contribution >= 4 is 0 Å². The Kier molecular flexibility index (Phi) is 4.03. The largest absolute Gasteiger partial charge is 0.371 e. The number of hydrogen-bond acceptors (Lipinski definition) is 3. The highest BCUT2D eigenvalue weighted by molar-refractivity contribution is 5.49. The Bertz CT molecular complexity index is 782. The average Bonchev–Trinajstić information content (AvgIpc) is 2.84. The van der Waals surface area contributed by atoms with Gasteiger partial charge in [-0.3, -0.25) is 0 Å². The molecule has 2 fully saturated rings. The van der Waals surface area contributed by atoms with Crippen LogP contribution in [0.25, 0.3) is 0 Å². The van der Waals surface area contributed by atoms with E-state index in [0.29, 0.717) is 28.4 Å². The zero-order valence-electron chi connectivity index (χ0n) is 16.3. The normalized spacial score (nSPS) is 35.0. The fourth-order valence-corrected chi connectivity index (χ4v) is 6.33. The van der Waals surface area contributed by atoms with Crippen molar-refractivity contribution < 1.29 is 0 Å². The van der Waals surface area contributed by atoms with Crippen molar-refractivity contribution in [1.29, 1.82) is 10.5 Å². The molecule has 3 nitrogen and oxygen atoms in total. The summed E-state index contributed by atoms with van der Waals surface area (Å²) in [6.45, 7) is 8.52. The first-order valence-electron chi connectivity index (χ1n) is 10.0. The second-order valence-electron chi connectivity index (χ2n) is 10.0. The van der Waals surface area contributed by atoms with Crippen molar-refractivity contribution in [2.45, 2.75) is 71.8 Å². The van der Waals surface area contributed by atoms with Crippen LogP contribution in [0, 0.1) is 39.4 Å². The zero-order valence-corrected chi connectivity index (χ0v) is 16.3. The fourth-order valence-electron chi connectivity index (χ4n) is 6.33. The molecule has 4 rings (SSSR count). The number of likely N-dealkylation sites (tertiary alicyclic amines) is 1. The maximum Gasteiger partial charge on any atom is 0.132 e. The highest BCUT2D eigenvalue weighted by atomic mass is 15.2. The van der Waals surface area contributed by atoms with Crippen LogP contribution in [0.5, 0.6) is 0 Å². The maximum atomic E-state index is 9.20. The fraction of sp³-hybridized carbons (Fsp3) is 0.652. The third-order valence-corrected chi connectivity index (χ3v) is 6.99. The molecule has 1 saturated heterocycles. The molecule has 1 aliphatic heterocycles. The predicted octanol–water partition coefficient (Wildman–Crippen LogP) is 5.24. The van der Waals surface area contributed by atoms with E-state index in [4.69, 9.17) is 0 Å². The van der Waals surface area contributed by atoms with Crippen LogP contribution in [-0.4, -0.2) is 17.5 Å². The van der Waals surface area contributed by atoms with Gasteiger partial charge in [-0.15, -0.1) is 0 Å². The third-order valence-electron chi connectivity index (χ3n) is 6.99. The molecule has 3 atom stereocenters. The molecule has 0 aromatic rings. The third kappa shape index (κ3) is 2.99. The Hall–Kier alpha value is -2.00. The molecule has 0 amide bonds. The van der Waals surface area contributed by atoms with E-state index >= 15 is 0 Å². The van der Waals surface area contributed by atoms with Crippen molar-refractivity contribution in [1.82, 2.24) is 4.90 Å². The van der Waals surface area contributed by atoms with E-state index < -0.39 is 0 Å². The van der Waals surface area contributed by atoms with Crippen molar-refractivity contribution in [3.05, 3.63) is 34.6 Å². The van der Waals surface area contributed by atoms with Gasteiger partial charge in [0.2, 0.25) is 0 Å². The van der Waals surface area contributed by atoms with E-state index in [1.165, 1.54) is 49.9 Å². The molecule has 0 N–H and O–H groups in total. The van der Waals surface area contributed by atoms with E-state index in [9.17, 15) is 10.5 Å². The van der Waals surface area contributed by atoms with Crippen LogP contribution < -0.4 is 0 Å². The van der Waals surface area contributed by atoms with Crippen LogP contribution >= 0.6 is 0 Å². The van der Waals surface area contributed by atoms with Crippen molar-refractivity contribution in [3.63, 3.8) is 0 Å². The Morgan fingerprint density at radius 3 is 2.54 bits per heavy atom. The minimum absolute atomic E-state index is 0.294. The van der Waals surface area contributed by atoms with Crippen LogP contribution in [-0.2, 0) is 0 Å². The topological polar surface area (TPSA) is 50.8 Å². The number of nitrogens with zero attached hydrogens (tertiary/aromatic N) is 3. The van der Waals surface area contributed by atoms with Crippen LogP contribution in [0.4, 0.5) is 0 Å². The quantitative estimate of drug-likeness (QED) is 0.609. The number of hydrogen-bond donors (Lipinski definition) is 0. The second kappa shape index (κ2) is 6.02. The predicted molar refractivity (Wildman–Crippen MR) is 103 cm³/mol. The van der Waals surface area contributed by atoms with E-state index in [-0.39, 0.29) is 0 Å². The van der Waals surface area contributed by atoms with Gasteiger partial charge in [0.25, 0.3) is 0 Å². The lowest BCUT2D eigenvalue weighted by Gasteiger charge is -2.40. The summed E-state index contributed by atoms with van der Waals surface area (Å²) in [5.41, 5.74) is 4.97. The Balaban J connectivity index is 1.65. The molecule has 26 heavy (non-hydrogen) atoms. The van der Waals surface area contributed by atoms with E-state index in [1.54, 1.807) is 0 Å². The van der Waals surface area contributed by atoms with Gasteiger partial charge in [0.15, 0.2) is 0 Å². The summed E-state index contributed by atoms with van der Waals surface area (Å²) in [5, 5.41) is 18.4. The van der Waals surface area contributed by atoms with E-state index in [2.05, 4.69) is 50.0 Å². The van der Waals surface area contributed by atoms with Gasteiger partial charge in [-0.05, 0) is 78.9 Å². The molecule has 136 valence electrons. The molecule has 0 aromatic heterocycles. The lowest BCUT2D eigenvalue weighted by molar-refractivity contribution is 0.130.